The van der Waals surface area contributed by atoms with Gasteiger partial charge in [-0.05, 0) is 59.7 Å². The molecule has 130 valence electrons. The number of carbonyl (C=O) groups is 1. The van der Waals surface area contributed by atoms with Crippen molar-refractivity contribution in [2.75, 3.05) is 18.6 Å². The van der Waals surface area contributed by atoms with Crippen LogP contribution in [-0.4, -0.2) is 34.0 Å². The summed E-state index contributed by atoms with van der Waals surface area (Å²) < 4.78 is 13.8. The van der Waals surface area contributed by atoms with Crippen molar-refractivity contribution < 1.29 is 14.3 Å². The molecule has 8 nitrogen and oxygen atoms in total. The van der Waals surface area contributed by atoms with E-state index in [1.807, 2.05) is 26.0 Å². The van der Waals surface area contributed by atoms with Gasteiger partial charge in [0.1, 0.15) is 5.82 Å². The van der Waals surface area contributed by atoms with Crippen LogP contribution >= 0.6 is 28.1 Å². The first-order valence-electron chi connectivity index (χ1n) is 7.16. The Bertz CT molecular complexity index is 789. The molecule has 2 rings (SSSR count). The summed E-state index contributed by atoms with van der Waals surface area (Å²) in [5, 5.41) is 6.74. The average Bonchev–Trinajstić information content (AvgIpc) is 2.83. The van der Waals surface area contributed by atoms with Gasteiger partial charge in [-0.2, -0.15) is 5.10 Å². The van der Waals surface area contributed by atoms with Crippen molar-refractivity contribution in [3.63, 3.8) is 0 Å². The van der Waals surface area contributed by atoms with Gasteiger partial charge in [-0.3, -0.25) is 9.89 Å². The fourth-order valence-electron chi connectivity index (χ4n) is 2.00. The van der Waals surface area contributed by atoms with Gasteiger partial charge < -0.3 is 20.6 Å². The quantitative estimate of drug-likeness (QED) is 0.569. The molecule has 1 aromatic carbocycles. The van der Waals surface area contributed by atoms with Crippen molar-refractivity contribution >= 4 is 34.1 Å². The van der Waals surface area contributed by atoms with Crippen molar-refractivity contribution in [2.24, 2.45) is 5.73 Å². The summed E-state index contributed by atoms with van der Waals surface area (Å²) in [7, 11) is 0. The molecule has 1 heterocycles. The Hall–Kier alpha value is -2.07. The molecule has 1 aromatic heterocycles. The van der Waals surface area contributed by atoms with Crippen LogP contribution in [0.4, 0.5) is 0 Å². The summed E-state index contributed by atoms with van der Waals surface area (Å²) >= 11 is 8.58. The zero-order chi connectivity index (χ0) is 17.7. The molecular formula is C14H18BrN5O3S. The molecule has 0 bridgehead atoms. The van der Waals surface area contributed by atoms with Gasteiger partial charge in [-0.1, -0.05) is 0 Å². The van der Waals surface area contributed by atoms with Crippen molar-refractivity contribution in [2.45, 2.75) is 20.4 Å². The number of nitrogens with one attached hydrogen (secondary N) is 2. The lowest BCUT2D eigenvalue weighted by Crippen LogP contribution is -2.20. The maximum atomic E-state index is 10.9. The minimum Gasteiger partial charge on any atom is -0.490 e. The van der Waals surface area contributed by atoms with Crippen LogP contribution in [-0.2, 0) is 11.3 Å². The Kier molecular flexibility index (Phi) is 6.21. The highest BCUT2D eigenvalue weighted by atomic mass is 79.9. The zero-order valence-electron chi connectivity index (χ0n) is 13.3. The second-order valence-corrected chi connectivity index (χ2v) is 6.08. The summed E-state index contributed by atoms with van der Waals surface area (Å²) in [4.78, 5) is 10.9. The smallest absolute Gasteiger partial charge is 0.255 e. The third kappa shape index (κ3) is 4.48. The fraction of sp³-hybridized carbons (Fsp3) is 0.357. The van der Waals surface area contributed by atoms with Gasteiger partial charge in [0.15, 0.2) is 18.1 Å². The first kappa shape index (κ1) is 18.3. The number of hydrogen-bond donors (Lipinski definition) is 3. The van der Waals surface area contributed by atoms with Crippen molar-refractivity contribution in [3.05, 3.63) is 32.8 Å². The van der Waals surface area contributed by atoms with Crippen molar-refractivity contribution in [3.8, 4) is 11.5 Å². The molecule has 0 aliphatic heterocycles. The molecule has 4 N–H and O–H groups in total. The molecule has 0 saturated heterocycles. The monoisotopic (exact) mass is 415 g/mol. The van der Waals surface area contributed by atoms with Crippen LogP contribution in [0.1, 0.15) is 18.3 Å². The molecule has 0 radical (unpaired) electrons. The van der Waals surface area contributed by atoms with Gasteiger partial charge >= 0.3 is 0 Å². The van der Waals surface area contributed by atoms with E-state index in [1.165, 1.54) is 0 Å². The fourth-order valence-corrected chi connectivity index (χ4v) is 2.85. The van der Waals surface area contributed by atoms with E-state index in [2.05, 4.69) is 31.6 Å². The standard InChI is InChI=1S/C14H18BrN5O3S/c1-3-22-11-5-9(4-10(15)13(11)23-7-12(16)21)6-17-20-8(2)18-19-14(20)24/h4-5,17H,3,6-7H2,1-2H3,(H2,16,21)(H,19,24). The molecule has 1 amide bonds. The van der Waals surface area contributed by atoms with Gasteiger partial charge in [0, 0.05) is 0 Å². The normalized spacial score (nSPS) is 10.5. The molecule has 0 saturated carbocycles. The van der Waals surface area contributed by atoms with Gasteiger partial charge in [0.2, 0.25) is 4.77 Å². The average molecular weight is 416 g/mol. The summed E-state index contributed by atoms with van der Waals surface area (Å²) in [6, 6.07) is 3.70. The molecule has 0 aliphatic rings. The Morgan fingerprint density at radius 1 is 1.50 bits per heavy atom. The predicted octanol–water partition coefficient (Wildman–Crippen LogP) is 2.02. The minimum absolute atomic E-state index is 0.223. The summed E-state index contributed by atoms with van der Waals surface area (Å²) in [6.07, 6.45) is 0. The zero-order valence-corrected chi connectivity index (χ0v) is 15.7. The van der Waals surface area contributed by atoms with Crippen LogP contribution in [0.15, 0.2) is 16.6 Å². The predicted molar refractivity (Wildman–Crippen MR) is 95.2 cm³/mol. The number of primary amides is 1. The number of hydrogen-bond acceptors (Lipinski definition) is 6. The van der Waals surface area contributed by atoms with E-state index >= 15 is 0 Å². The number of H-pyrrole nitrogens is 1. The third-order valence-electron chi connectivity index (χ3n) is 3.01. The number of halogens is 1. The number of nitrogens with zero attached hydrogens (tertiary/aromatic N) is 2. The van der Waals surface area contributed by atoms with Crippen LogP contribution in [0.5, 0.6) is 11.5 Å². The number of benzene rings is 1. The number of ether oxygens (including phenoxy) is 2. The SMILES string of the molecule is CCOc1cc(CNn2c(C)n[nH]c2=S)cc(Br)c1OCC(N)=O. The Morgan fingerprint density at radius 2 is 2.25 bits per heavy atom. The largest absolute Gasteiger partial charge is 0.490 e. The summed E-state index contributed by atoms with van der Waals surface area (Å²) in [5.41, 5.74) is 9.22. The number of aryl methyl sites for hydroxylation is 1. The van der Waals surface area contributed by atoms with Crippen LogP contribution in [0, 0.1) is 11.7 Å². The first-order valence-corrected chi connectivity index (χ1v) is 8.36. The van der Waals surface area contributed by atoms with Gasteiger partial charge in [-0.25, -0.2) is 4.68 Å². The highest BCUT2D eigenvalue weighted by Crippen LogP contribution is 2.37. The number of nitrogens with two attached hydrogens (primary N) is 1. The van der Waals surface area contributed by atoms with E-state index < -0.39 is 5.91 Å². The van der Waals surface area contributed by atoms with E-state index in [4.69, 9.17) is 27.4 Å². The van der Waals surface area contributed by atoms with Crippen LogP contribution in [0.3, 0.4) is 0 Å². The van der Waals surface area contributed by atoms with Crippen molar-refractivity contribution in [1.82, 2.24) is 14.9 Å². The molecule has 24 heavy (non-hydrogen) atoms. The van der Waals surface area contributed by atoms with Crippen LogP contribution in [0.25, 0.3) is 0 Å². The summed E-state index contributed by atoms with van der Waals surface area (Å²) in [6.45, 7) is 4.43. The van der Waals surface area contributed by atoms with E-state index in [0.29, 0.717) is 33.9 Å². The second kappa shape index (κ2) is 8.15. The topological polar surface area (TPSA) is 107 Å². The highest BCUT2D eigenvalue weighted by Gasteiger charge is 2.13. The lowest BCUT2D eigenvalue weighted by atomic mass is 10.2. The number of amides is 1. The lowest BCUT2D eigenvalue weighted by molar-refractivity contribution is -0.119. The third-order valence-corrected chi connectivity index (χ3v) is 3.87. The van der Waals surface area contributed by atoms with E-state index in [-0.39, 0.29) is 6.61 Å². The second-order valence-electron chi connectivity index (χ2n) is 4.84. The molecule has 10 heteroatoms. The molecule has 0 fully saturated rings. The van der Waals surface area contributed by atoms with Crippen LogP contribution in [0.2, 0.25) is 0 Å². The number of rotatable bonds is 8. The first-order chi connectivity index (χ1) is 11.4. The Morgan fingerprint density at radius 3 is 2.83 bits per heavy atom. The molecule has 0 aliphatic carbocycles. The van der Waals surface area contributed by atoms with Gasteiger partial charge in [0.25, 0.3) is 5.91 Å². The number of carbonyl (C=O) groups excluding carboxylic acids is 1. The molecule has 0 unspecified atom stereocenters. The maximum Gasteiger partial charge on any atom is 0.255 e. The van der Waals surface area contributed by atoms with E-state index in [1.54, 1.807) is 4.68 Å². The summed E-state index contributed by atoms with van der Waals surface area (Å²) in [5.74, 6) is 1.14. The number of aromatic nitrogens is 3. The molecule has 0 spiro atoms. The Balaban J connectivity index is 2.21. The minimum atomic E-state index is -0.556. The van der Waals surface area contributed by atoms with Gasteiger partial charge in [0.05, 0.1) is 17.6 Å². The van der Waals surface area contributed by atoms with E-state index in [0.717, 1.165) is 11.4 Å². The van der Waals surface area contributed by atoms with E-state index in [9.17, 15) is 4.79 Å². The lowest BCUT2D eigenvalue weighted by Gasteiger charge is -2.15. The number of aromatic amines is 1. The molecular weight excluding hydrogens is 398 g/mol. The highest BCUT2D eigenvalue weighted by molar-refractivity contribution is 9.10. The molecule has 0 atom stereocenters. The van der Waals surface area contributed by atoms with Crippen LogP contribution < -0.4 is 20.6 Å². The van der Waals surface area contributed by atoms with Gasteiger partial charge in [-0.15, -0.1) is 0 Å². The Labute approximate surface area is 152 Å². The molecule has 2 aromatic rings. The maximum absolute atomic E-state index is 10.9. The van der Waals surface area contributed by atoms with Crippen molar-refractivity contribution in [1.29, 1.82) is 0 Å².